The Kier molecular flexibility index (Phi) is 15.3. The van der Waals surface area contributed by atoms with Gasteiger partial charge in [0.25, 0.3) is 11.8 Å². The van der Waals surface area contributed by atoms with Gasteiger partial charge in [0.15, 0.2) is 23.0 Å². The molecule has 5 aromatic carbocycles. The highest BCUT2D eigenvalue weighted by atomic mass is 16.6. The summed E-state index contributed by atoms with van der Waals surface area (Å²) in [5, 5.41) is 11.6. The molecular formula is C59H57N7O13. The van der Waals surface area contributed by atoms with Crippen molar-refractivity contribution >= 4 is 81.7 Å². The Morgan fingerprint density at radius 3 is 1.95 bits per heavy atom. The number of hydrogen-bond donors (Lipinski definition) is 4. The number of methoxy groups -OCH3 is 2. The topological polar surface area (TPSA) is 250 Å². The summed E-state index contributed by atoms with van der Waals surface area (Å²) in [7, 11) is 2.98. The van der Waals surface area contributed by atoms with Crippen molar-refractivity contribution in [3.63, 3.8) is 0 Å². The van der Waals surface area contributed by atoms with E-state index in [0.29, 0.717) is 81.7 Å². The van der Waals surface area contributed by atoms with Crippen LogP contribution in [0, 0.1) is 0 Å². The molecule has 0 aromatic heterocycles. The van der Waals surface area contributed by atoms with Gasteiger partial charge in [0.05, 0.1) is 48.8 Å². The van der Waals surface area contributed by atoms with E-state index in [9.17, 15) is 38.4 Å². The van der Waals surface area contributed by atoms with Crippen LogP contribution in [0.25, 0.3) is 0 Å². The highest BCUT2D eigenvalue weighted by molar-refractivity contribution is 6.22. The van der Waals surface area contributed by atoms with E-state index in [4.69, 9.17) is 28.7 Å². The van der Waals surface area contributed by atoms with Gasteiger partial charge in [0.2, 0.25) is 35.4 Å². The van der Waals surface area contributed by atoms with Crippen LogP contribution >= 0.6 is 0 Å². The zero-order valence-corrected chi connectivity index (χ0v) is 43.8. The normalized spacial score (nSPS) is 17.4. The van der Waals surface area contributed by atoms with Gasteiger partial charge in [-0.2, -0.15) is 0 Å². The van der Waals surface area contributed by atoms with Crippen molar-refractivity contribution < 1.29 is 62.0 Å². The number of rotatable bonds is 19. The van der Waals surface area contributed by atoms with Crippen LogP contribution in [0.3, 0.4) is 0 Å². The third-order valence-corrected chi connectivity index (χ3v) is 14.3. The molecule has 10 rings (SSSR count). The number of ether oxygens (including phenoxy) is 5. The van der Waals surface area contributed by atoms with Crippen LogP contribution < -0.4 is 50.0 Å². The summed E-state index contributed by atoms with van der Waals surface area (Å²) >= 11 is 0. The molecule has 5 amide bonds. The molecule has 0 spiro atoms. The molecule has 4 atom stereocenters. The first kappa shape index (κ1) is 53.1. The maximum absolute atomic E-state index is 14.1. The van der Waals surface area contributed by atoms with Crippen molar-refractivity contribution in [2.45, 2.75) is 95.9 Å². The van der Waals surface area contributed by atoms with Crippen LogP contribution in [-0.2, 0) is 59.6 Å². The summed E-state index contributed by atoms with van der Waals surface area (Å²) in [6, 6.07) is 25.2. The Balaban J connectivity index is 0.825. The number of nitrogens with one attached hydrogen (secondary N) is 4. The first-order chi connectivity index (χ1) is 38.2. The van der Waals surface area contributed by atoms with Crippen molar-refractivity contribution in [3.05, 3.63) is 137 Å². The minimum Gasteiger partial charge on any atom is -0.493 e. The van der Waals surface area contributed by atoms with Crippen LogP contribution in [-0.4, -0.2) is 104 Å². The maximum Gasteiger partial charge on any atom is 0.306 e. The molecular weight excluding hydrogens is 1010 g/mol. The predicted molar refractivity (Wildman–Crippen MR) is 291 cm³/mol. The molecule has 0 unspecified atom stereocenters. The van der Waals surface area contributed by atoms with Gasteiger partial charge in [-0.3, -0.25) is 48.2 Å². The molecule has 5 aliphatic rings. The molecule has 406 valence electrons. The number of anilines is 4. The average Bonchev–Trinajstić information content (AvgIpc) is 4.29. The number of unbranched alkanes of at least 4 members (excludes halogenated alkanes) is 1. The monoisotopic (exact) mass is 1070 g/mol. The number of carbonyl (C=O) groups is 8. The summed E-state index contributed by atoms with van der Waals surface area (Å²) in [4.78, 5) is 112. The highest BCUT2D eigenvalue weighted by Gasteiger charge is 2.39. The second-order valence-electron chi connectivity index (χ2n) is 19.8. The van der Waals surface area contributed by atoms with Crippen LogP contribution in [0.4, 0.5) is 28.4 Å². The Labute approximate surface area is 454 Å². The molecule has 0 radical (unpaired) electrons. The summed E-state index contributed by atoms with van der Waals surface area (Å²) in [5.74, 6) is -2.68. The summed E-state index contributed by atoms with van der Waals surface area (Å²) in [6.45, 7) is 3.40. The number of benzene rings is 5. The number of aliphatic imine (C=N–C) groups is 1. The molecule has 20 nitrogen and oxygen atoms in total. The fourth-order valence-electron chi connectivity index (χ4n) is 10.3. The summed E-state index contributed by atoms with van der Waals surface area (Å²) in [6.07, 6.45) is 4.13. The van der Waals surface area contributed by atoms with Gasteiger partial charge in [-0.25, -0.2) is 0 Å². The average molecular weight is 1070 g/mol. The van der Waals surface area contributed by atoms with Crippen LogP contribution in [0.15, 0.2) is 108 Å². The van der Waals surface area contributed by atoms with Gasteiger partial charge in [-0.15, -0.1) is 0 Å². The SMILES string of the molecule is COc1cc2c(cc1OCc1cc(COc3cc4c(cc3OC)C(=O)N3c5ccccc5C[C@H]3CN4)cc(NC(=O)[C@H](C)NC(=O)[C@H](C)NC(=O)CCCCC(=O)OC3C(=O)C=CC3=O)c1)N=C[C@@H]1Cc3ccccc3N1C2=O. The molecule has 0 saturated heterocycles. The van der Waals surface area contributed by atoms with E-state index in [1.54, 1.807) is 47.5 Å². The second kappa shape index (κ2) is 22.7. The number of ketones is 2. The molecule has 20 heteroatoms. The molecule has 4 aliphatic heterocycles. The number of esters is 1. The number of para-hydroxylation sites is 2. The third-order valence-electron chi connectivity index (χ3n) is 14.3. The molecule has 4 heterocycles. The Bertz CT molecular complexity index is 3370. The largest absolute Gasteiger partial charge is 0.493 e. The predicted octanol–water partition coefficient (Wildman–Crippen LogP) is 6.27. The van der Waals surface area contributed by atoms with Crippen LogP contribution in [0.2, 0.25) is 0 Å². The highest BCUT2D eigenvalue weighted by Crippen LogP contribution is 2.43. The zero-order valence-electron chi connectivity index (χ0n) is 43.8. The number of carbonyl (C=O) groups excluding carboxylic acids is 8. The van der Waals surface area contributed by atoms with E-state index < -0.39 is 53.4 Å². The summed E-state index contributed by atoms with van der Waals surface area (Å²) < 4.78 is 29.4. The van der Waals surface area contributed by atoms with Gasteiger partial charge in [-0.05, 0) is 110 Å². The molecule has 0 saturated carbocycles. The maximum atomic E-state index is 14.1. The molecule has 4 N–H and O–H groups in total. The minimum absolute atomic E-state index is 0.0260. The fourth-order valence-corrected chi connectivity index (χ4v) is 10.3. The van der Waals surface area contributed by atoms with Gasteiger partial charge >= 0.3 is 5.97 Å². The van der Waals surface area contributed by atoms with Crippen molar-refractivity contribution in [2.75, 3.05) is 41.2 Å². The van der Waals surface area contributed by atoms with Gasteiger partial charge in [0.1, 0.15) is 25.3 Å². The van der Waals surface area contributed by atoms with Crippen molar-refractivity contribution in [1.82, 2.24) is 10.6 Å². The van der Waals surface area contributed by atoms with Crippen molar-refractivity contribution in [2.24, 2.45) is 4.99 Å². The van der Waals surface area contributed by atoms with E-state index >= 15 is 0 Å². The first-order valence-electron chi connectivity index (χ1n) is 26.0. The first-order valence-corrected chi connectivity index (χ1v) is 26.0. The van der Waals surface area contributed by atoms with Gasteiger partial charge < -0.3 is 49.9 Å². The van der Waals surface area contributed by atoms with Gasteiger partial charge in [0, 0.05) is 61.2 Å². The van der Waals surface area contributed by atoms with Crippen molar-refractivity contribution in [3.8, 4) is 23.0 Å². The number of fused-ring (bicyclic) bond motifs is 8. The summed E-state index contributed by atoms with van der Waals surface area (Å²) in [5.41, 5.74) is 7.19. The van der Waals surface area contributed by atoms with E-state index in [0.717, 1.165) is 34.7 Å². The zero-order chi connectivity index (χ0) is 55.5. The number of amides is 5. The molecule has 79 heavy (non-hydrogen) atoms. The second-order valence-corrected chi connectivity index (χ2v) is 19.8. The lowest BCUT2D eigenvalue weighted by atomic mass is 10.1. The quantitative estimate of drug-likeness (QED) is 0.0404. The van der Waals surface area contributed by atoms with E-state index in [2.05, 4.69) is 21.3 Å². The molecule has 5 aromatic rings. The van der Waals surface area contributed by atoms with E-state index in [-0.39, 0.29) is 62.8 Å². The Morgan fingerprint density at radius 1 is 0.671 bits per heavy atom. The lowest BCUT2D eigenvalue weighted by Gasteiger charge is -2.22. The Morgan fingerprint density at radius 2 is 1.27 bits per heavy atom. The molecule has 0 bridgehead atoms. The van der Waals surface area contributed by atoms with E-state index in [1.165, 1.54) is 28.1 Å². The van der Waals surface area contributed by atoms with E-state index in [1.807, 2.05) is 59.5 Å². The Hall–Kier alpha value is -9.33. The number of nitrogens with zero attached hydrogens (tertiary/aromatic N) is 3. The minimum atomic E-state index is -1.46. The van der Waals surface area contributed by atoms with Crippen LogP contribution in [0.1, 0.15) is 82.5 Å². The third kappa shape index (κ3) is 11.3. The standard InChI is InChI=1S/C59H57N7O13/c1-32(62-53(69)15-9-10-16-54(70)79-55-47(67)17-18-48(55)68)56(71)63-33(2)57(72)64-38-20-34(30-77-51-26-43-41(24-49(51)75-3)58(73)65-39(28-60-43)22-36-11-5-7-13-45(36)65)19-35(21-38)31-78-52-27-44-42(25-50(52)76-4)59(74)66-40(29-61-44)23-37-12-6-8-14-46(37)66/h5-8,11-14,17-21,24-28,32-33,39-40,55,61H,9-10,15-16,22-23,29-31H2,1-4H3,(H,62,69)(H,63,71)(H,64,72)/t32-,33-,39-,40-/m0/s1. The smallest absolute Gasteiger partial charge is 0.306 e. The fraction of sp³-hybridized carbons (Fsp3) is 0.305. The lowest BCUT2D eigenvalue weighted by Crippen LogP contribution is -2.50. The van der Waals surface area contributed by atoms with Gasteiger partial charge in [-0.1, -0.05) is 36.4 Å². The molecule has 1 aliphatic carbocycles. The lowest BCUT2D eigenvalue weighted by molar-refractivity contribution is -0.156. The number of hydrogen-bond acceptors (Lipinski definition) is 15. The van der Waals surface area contributed by atoms with Crippen LogP contribution in [0.5, 0.6) is 23.0 Å². The molecule has 0 fully saturated rings. The van der Waals surface area contributed by atoms with Crippen molar-refractivity contribution in [1.29, 1.82) is 0 Å².